The Kier molecular flexibility index (Phi) is 3.58. The van der Waals surface area contributed by atoms with E-state index in [0.717, 1.165) is 5.82 Å². The van der Waals surface area contributed by atoms with Gasteiger partial charge in [0.05, 0.1) is 12.2 Å². The number of hydrogen-bond donors (Lipinski definition) is 0. The lowest BCUT2D eigenvalue weighted by Gasteiger charge is -2.06. The molecule has 1 aromatic carbocycles. The third-order valence-corrected chi connectivity index (χ3v) is 2.58. The minimum absolute atomic E-state index is 0.0199. The van der Waals surface area contributed by atoms with E-state index in [-0.39, 0.29) is 5.56 Å². The van der Waals surface area contributed by atoms with Gasteiger partial charge in [0.15, 0.2) is 0 Å². The first-order chi connectivity index (χ1) is 8.70. The van der Waals surface area contributed by atoms with Crippen molar-refractivity contribution in [2.24, 2.45) is 7.05 Å². The van der Waals surface area contributed by atoms with E-state index in [0.29, 0.717) is 18.8 Å². The number of hydrogen-bond acceptors (Lipinski definition) is 3. The van der Waals surface area contributed by atoms with Gasteiger partial charge in [0.2, 0.25) is 0 Å². The lowest BCUT2D eigenvalue weighted by molar-refractivity contribution is 0.316. The molecular formula is C13H12FN3O. The number of imidazole rings is 1. The number of nitrogens with zero attached hydrogens (tertiary/aromatic N) is 3. The van der Waals surface area contributed by atoms with Crippen LogP contribution in [0.5, 0.6) is 5.75 Å². The van der Waals surface area contributed by atoms with Gasteiger partial charge in [0.25, 0.3) is 0 Å². The molecule has 0 radical (unpaired) electrons. The van der Waals surface area contributed by atoms with Crippen LogP contribution >= 0.6 is 0 Å². The molecule has 2 aromatic rings. The van der Waals surface area contributed by atoms with Crippen LogP contribution in [0.1, 0.15) is 11.4 Å². The van der Waals surface area contributed by atoms with Gasteiger partial charge in [-0.05, 0) is 12.1 Å². The predicted molar refractivity (Wildman–Crippen MR) is 63.5 cm³/mol. The Morgan fingerprint density at radius 1 is 1.50 bits per heavy atom. The van der Waals surface area contributed by atoms with Gasteiger partial charge in [-0.3, -0.25) is 0 Å². The van der Waals surface area contributed by atoms with E-state index in [1.165, 1.54) is 12.1 Å². The molecule has 18 heavy (non-hydrogen) atoms. The monoisotopic (exact) mass is 245 g/mol. The molecule has 0 aliphatic heterocycles. The lowest BCUT2D eigenvalue weighted by Crippen LogP contribution is -2.06. The average Bonchev–Trinajstić information content (AvgIpc) is 2.75. The van der Waals surface area contributed by atoms with E-state index < -0.39 is 5.82 Å². The van der Waals surface area contributed by atoms with E-state index in [1.807, 2.05) is 17.8 Å². The Bertz CT molecular complexity index is 586. The SMILES string of the molecule is Cn1ccnc1CCOc1ccc(C#N)c(F)c1. The summed E-state index contributed by atoms with van der Waals surface area (Å²) in [5.74, 6) is 0.761. The summed E-state index contributed by atoms with van der Waals surface area (Å²) in [4.78, 5) is 4.16. The molecule has 92 valence electrons. The first-order valence-corrected chi connectivity index (χ1v) is 5.49. The molecule has 0 saturated heterocycles. The minimum Gasteiger partial charge on any atom is -0.493 e. The molecule has 0 atom stereocenters. The van der Waals surface area contributed by atoms with Crippen LogP contribution in [-0.4, -0.2) is 16.2 Å². The van der Waals surface area contributed by atoms with E-state index in [1.54, 1.807) is 18.3 Å². The van der Waals surface area contributed by atoms with Gasteiger partial charge >= 0.3 is 0 Å². The van der Waals surface area contributed by atoms with Crippen LogP contribution in [-0.2, 0) is 13.5 Å². The molecule has 1 aromatic heterocycles. The van der Waals surface area contributed by atoms with Crippen molar-refractivity contribution in [1.29, 1.82) is 5.26 Å². The number of halogens is 1. The maximum atomic E-state index is 13.3. The van der Waals surface area contributed by atoms with Crippen LogP contribution in [0.2, 0.25) is 0 Å². The van der Waals surface area contributed by atoms with Crippen LogP contribution in [0, 0.1) is 17.1 Å². The number of benzene rings is 1. The maximum absolute atomic E-state index is 13.3. The van der Waals surface area contributed by atoms with Crippen molar-refractivity contribution in [3.8, 4) is 11.8 Å². The molecule has 0 N–H and O–H groups in total. The van der Waals surface area contributed by atoms with Gasteiger partial charge in [-0.15, -0.1) is 0 Å². The van der Waals surface area contributed by atoms with Gasteiger partial charge in [-0.1, -0.05) is 0 Å². The zero-order valence-electron chi connectivity index (χ0n) is 9.93. The Balaban J connectivity index is 1.93. The zero-order valence-corrected chi connectivity index (χ0v) is 9.93. The van der Waals surface area contributed by atoms with Gasteiger partial charge in [-0.2, -0.15) is 5.26 Å². The highest BCUT2D eigenvalue weighted by Crippen LogP contribution is 2.16. The van der Waals surface area contributed by atoms with Gasteiger partial charge < -0.3 is 9.30 Å². The van der Waals surface area contributed by atoms with Crippen molar-refractivity contribution >= 4 is 0 Å². The van der Waals surface area contributed by atoms with Crippen molar-refractivity contribution in [3.63, 3.8) is 0 Å². The molecule has 2 rings (SSSR count). The van der Waals surface area contributed by atoms with Crippen molar-refractivity contribution < 1.29 is 9.13 Å². The van der Waals surface area contributed by atoms with Crippen LogP contribution in [0.3, 0.4) is 0 Å². The van der Waals surface area contributed by atoms with E-state index in [2.05, 4.69) is 4.98 Å². The summed E-state index contributed by atoms with van der Waals surface area (Å²) >= 11 is 0. The molecule has 0 aliphatic rings. The molecule has 0 fully saturated rings. The second-order valence-corrected chi connectivity index (χ2v) is 3.81. The zero-order chi connectivity index (χ0) is 13.0. The van der Waals surface area contributed by atoms with Crippen LogP contribution in [0.15, 0.2) is 30.6 Å². The predicted octanol–water partition coefficient (Wildman–Crippen LogP) is 2.05. The average molecular weight is 245 g/mol. The van der Waals surface area contributed by atoms with E-state index in [9.17, 15) is 4.39 Å². The lowest BCUT2D eigenvalue weighted by atomic mass is 10.2. The number of nitriles is 1. The van der Waals surface area contributed by atoms with Crippen LogP contribution in [0.4, 0.5) is 4.39 Å². The van der Waals surface area contributed by atoms with Gasteiger partial charge in [-0.25, -0.2) is 9.37 Å². The van der Waals surface area contributed by atoms with Crippen molar-refractivity contribution in [3.05, 3.63) is 47.8 Å². The minimum atomic E-state index is -0.563. The molecule has 0 aliphatic carbocycles. The van der Waals surface area contributed by atoms with E-state index >= 15 is 0 Å². The Labute approximate surface area is 104 Å². The Hall–Kier alpha value is -2.35. The third kappa shape index (κ3) is 2.66. The molecule has 0 amide bonds. The van der Waals surface area contributed by atoms with E-state index in [4.69, 9.17) is 10.00 Å². The third-order valence-electron chi connectivity index (χ3n) is 2.58. The highest BCUT2D eigenvalue weighted by atomic mass is 19.1. The number of aryl methyl sites for hydroxylation is 1. The molecule has 1 heterocycles. The highest BCUT2D eigenvalue weighted by molar-refractivity contribution is 5.36. The fraction of sp³-hybridized carbons (Fsp3) is 0.231. The normalized spacial score (nSPS) is 10.1. The smallest absolute Gasteiger partial charge is 0.144 e. The van der Waals surface area contributed by atoms with Crippen molar-refractivity contribution in [1.82, 2.24) is 9.55 Å². The fourth-order valence-corrected chi connectivity index (χ4v) is 1.57. The topological polar surface area (TPSA) is 50.8 Å². The number of ether oxygens (including phenoxy) is 1. The van der Waals surface area contributed by atoms with Gasteiger partial charge in [0, 0.05) is 31.9 Å². The Morgan fingerprint density at radius 2 is 2.33 bits per heavy atom. The van der Waals surface area contributed by atoms with Crippen LogP contribution in [0.25, 0.3) is 0 Å². The maximum Gasteiger partial charge on any atom is 0.144 e. The van der Waals surface area contributed by atoms with Crippen LogP contribution < -0.4 is 4.74 Å². The van der Waals surface area contributed by atoms with Crippen molar-refractivity contribution in [2.75, 3.05) is 6.61 Å². The second kappa shape index (κ2) is 5.32. The molecule has 0 spiro atoms. The summed E-state index contributed by atoms with van der Waals surface area (Å²) in [5, 5.41) is 8.60. The molecular weight excluding hydrogens is 233 g/mol. The number of aromatic nitrogens is 2. The quantitative estimate of drug-likeness (QED) is 0.828. The summed E-state index contributed by atoms with van der Waals surface area (Å²) in [6.07, 6.45) is 4.22. The molecule has 4 nitrogen and oxygen atoms in total. The molecule has 0 bridgehead atoms. The number of rotatable bonds is 4. The summed E-state index contributed by atoms with van der Waals surface area (Å²) in [5.41, 5.74) is 0.0199. The summed E-state index contributed by atoms with van der Waals surface area (Å²) < 4.78 is 20.6. The summed E-state index contributed by atoms with van der Waals surface area (Å²) in [6.45, 7) is 0.413. The summed E-state index contributed by atoms with van der Waals surface area (Å²) in [6, 6.07) is 5.98. The standard InChI is InChI=1S/C13H12FN3O/c1-17-6-5-16-13(17)4-7-18-11-3-2-10(9-15)12(14)8-11/h2-3,5-6,8H,4,7H2,1H3. The highest BCUT2D eigenvalue weighted by Gasteiger charge is 2.04. The first kappa shape index (κ1) is 12.1. The first-order valence-electron chi connectivity index (χ1n) is 5.49. The molecule has 5 heteroatoms. The van der Waals surface area contributed by atoms with Gasteiger partial charge in [0.1, 0.15) is 23.5 Å². The van der Waals surface area contributed by atoms with Crippen molar-refractivity contribution in [2.45, 2.75) is 6.42 Å². The Morgan fingerprint density at radius 3 is 2.94 bits per heavy atom. The second-order valence-electron chi connectivity index (χ2n) is 3.81. The molecule has 0 saturated carbocycles. The fourth-order valence-electron chi connectivity index (χ4n) is 1.57. The summed E-state index contributed by atoms with van der Waals surface area (Å²) in [7, 11) is 1.91. The molecule has 0 unspecified atom stereocenters. The largest absolute Gasteiger partial charge is 0.493 e.